The van der Waals surface area contributed by atoms with Crippen molar-refractivity contribution in [1.29, 1.82) is 5.26 Å². The summed E-state index contributed by atoms with van der Waals surface area (Å²) in [6.07, 6.45) is 2.23. The van der Waals surface area contributed by atoms with Crippen molar-refractivity contribution < 1.29 is 9.59 Å². The molecule has 3 rings (SSSR count). The maximum atomic E-state index is 12.5. The monoisotopic (exact) mass is 369 g/mol. The van der Waals surface area contributed by atoms with Crippen LogP contribution in [-0.4, -0.2) is 78.4 Å². The molecule has 0 bridgehead atoms. The number of carbonyl (C=O) groups excluding carboxylic acids is 2. The molecular formula is C20H27N5O2. The molecule has 0 aromatic heterocycles. The van der Waals surface area contributed by atoms with E-state index in [9.17, 15) is 9.59 Å². The second-order valence-corrected chi connectivity index (χ2v) is 7.26. The molecule has 2 heterocycles. The number of nitriles is 1. The van der Waals surface area contributed by atoms with Gasteiger partial charge in [-0.1, -0.05) is 6.07 Å². The first-order chi connectivity index (χ1) is 13.1. The molecule has 2 saturated heterocycles. The third-order valence-corrected chi connectivity index (χ3v) is 5.41. The Labute approximate surface area is 160 Å². The second kappa shape index (κ2) is 8.98. The molecule has 2 fully saturated rings. The molecule has 1 aromatic carbocycles. The molecular weight excluding hydrogens is 342 g/mol. The highest BCUT2D eigenvalue weighted by molar-refractivity contribution is 5.94. The fraction of sp³-hybridized carbons (Fsp3) is 0.550. The smallest absolute Gasteiger partial charge is 0.241 e. The van der Waals surface area contributed by atoms with Crippen LogP contribution in [0.25, 0.3) is 0 Å². The molecule has 1 atom stereocenters. The van der Waals surface area contributed by atoms with E-state index in [0.717, 1.165) is 52.1 Å². The zero-order valence-electron chi connectivity index (χ0n) is 15.9. The number of nitrogens with one attached hydrogen (secondary N) is 1. The number of piperazine rings is 1. The Bertz CT molecular complexity index is 715. The van der Waals surface area contributed by atoms with E-state index in [2.05, 4.69) is 21.2 Å². The highest BCUT2D eigenvalue weighted by Crippen LogP contribution is 2.13. The van der Waals surface area contributed by atoms with Crippen LogP contribution in [0.2, 0.25) is 0 Å². The number of hydrogen-bond acceptors (Lipinski definition) is 5. The Morgan fingerprint density at radius 3 is 2.52 bits per heavy atom. The maximum Gasteiger partial charge on any atom is 0.241 e. The minimum absolute atomic E-state index is 0.0771. The third kappa shape index (κ3) is 5.06. The third-order valence-electron chi connectivity index (χ3n) is 5.41. The average molecular weight is 369 g/mol. The summed E-state index contributed by atoms with van der Waals surface area (Å²) in [7, 11) is 0. The molecule has 0 radical (unpaired) electrons. The normalized spacial score (nSPS) is 19.5. The summed E-state index contributed by atoms with van der Waals surface area (Å²) in [6, 6.07) is 8.75. The fourth-order valence-corrected chi connectivity index (χ4v) is 3.65. The zero-order valence-corrected chi connectivity index (χ0v) is 15.9. The van der Waals surface area contributed by atoms with Crippen LogP contribution in [-0.2, 0) is 9.59 Å². The first kappa shape index (κ1) is 19.3. The Morgan fingerprint density at radius 2 is 1.85 bits per heavy atom. The van der Waals surface area contributed by atoms with Gasteiger partial charge in [0.15, 0.2) is 0 Å². The number of likely N-dealkylation sites (tertiary alicyclic amines) is 1. The molecule has 7 heteroatoms. The Morgan fingerprint density at radius 1 is 1.15 bits per heavy atom. The zero-order chi connectivity index (χ0) is 19.2. The van der Waals surface area contributed by atoms with Crippen LogP contribution in [0.3, 0.4) is 0 Å². The van der Waals surface area contributed by atoms with E-state index in [4.69, 9.17) is 5.26 Å². The van der Waals surface area contributed by atoms with Crippen molar-refractivity contribution in [1.82, 2.24) is 14.7 Å². The predicted octanol–water partition coefficient (Wildman–Crippen LogP) is 1.13. The fourth-order valence-electron chi connectivity index (χ4n) is 3.65. The van der Waals surface area contributed by atoms with E-state index in [1.165, 1.54) is 0 Å². The number of amides is 2. The predicted molar refractivity (Wildman–Crippen MR) is 103 cm³/mol. The van der Waals surface area contributed by atoms with E-state index in [1.807, 2.05) is 11.8 Å². The van der Waals surface area contributed by atoms with Crippen molar-refractivity contribution in [3.8, 4) is 6.07 Å². The summed E-state index contributed by atoms with van der Waals surface area (Å²) in [4.78, 5) is 31.1. The number of rotatable bonds is 5. The molecule has 0 aliphatic carbocycles. The van der Waals surface area contributed by atoms with Crippen molar-refractivity contribution in [2.75, 3.05) is 51.1 Å². The summed E-state index contributed by atoms with van der Waals surface area (Å²) in [5.74, 6) is 0.149. The van der Waals surface area contributed by atoms with Crippen molar-refractivity contribution in [3.63, 3.8) is 0 Å². The van der Waals surface area contributed by atoms with Gasteiger partial charge in [0.2, 0.25) is 11.8 Å². The SMILES string of the molecule is C[C@@H](C(=O)Nc1cccc(C#N)c1)N1CCN(CC(=O)N2CCCC2)CC1. The van der Waals surface area contributed by atoms with Gasteiger partial charge in [0.05, 0.1) is 24.2 Å². The van der Waals surface area contributed by atoms with Gasteiger partial charge in [-0.25, -0.2) is 0 Å². The summed E-state index contributed by atoms with van der Waals surface area (Å²) in [5, 5.41) is 11.9. The Balaban J connectivity index is 1.46. The first-order valence-electron chi connectivity index (χ1n) is 9.62. The summed E-state index contributed by atoms with van der Waals surface area (Å²) < 4.78 is 0. The molecule has 2 aliphatic rings. The van der Waals surface area contributed by atoms with Gasteiger partial charge in [-0.3, -0.25) is 19.4 Å². The molecule has 2 aliphatic heterocycles. The Kier molecular flexibility index (Phi) is 6.43. The van der Waals surface area contributed by atoms with E-state index in [1.54, 1.807) is 24.3 Å². The van der Waals surface area contributed by atoms with Crippen LogP contribution in [0.4, 0.5) is 5.69 Å². The standard InChI is InChI=1S/C20H27N5O2/c1-16(20(27)22-18-6-4-5-17(13-18)14-21)24-11-9-23(10-12-24)15-19(26)25-7-2-3-8-25/h4-6,13,16H,2-3,7-12,15H2,1H3,(H,22,27)/t16-/m0/s1. The number of nitrogens with zero attached hydrogens (tertiary/aromatic N) is 4. The van der Waals surface area contributed by atoms with Crippen molar-refractivity contribution >= 4 is 17.5 Å². The molecule has 0 spiro atoms. The number of benzene rings is 1. The molecule has 0 saturated carbocycles. The quantitative estimate of drug-likeness (QED) is 0.842. The average Bonchev–Trinajstić information content (AvgIpc) is 3.23. The lowest BCUT2D eigenvalue weighted by Gasteiger charge is -2.37. The highest BCUT2D eigenvalue weighted by atomic mass is 16.2. The molecule has 144 valence electrons. The van der Waals surface area contributed by atoms with Crippen LogP contribution in [0.1, 0.15) is 25.3 Å². The van der Waals surface area contributed by atoms with Crippen LogP contribution in [0.15, 0.2) is 24.3 Å². The van der Waals surface area contributed by atoms with E-state index in [-0.39, 0.29) is 17.9 Å². The van der Waals surface area contributed by atoms with Crippen molar-refractivity contribution in [3.05, 3.63) is 29.8 Å². The van der Waals surface area contributed by atoms with Gasteiger partial charge in [0.25, 0.3) is 0 Å². The second-order valence-electron chi connectivity index (χ2n) is 7.26. The van der Waals surface area contributed by atoms with Crippen LogP contribution in [0.5, 0.6) is 0 Å². The minimum atomic E-state index is -0.257. The number of anilines is 1. The van der Waals surface area contributed by atoms with Gasteiger partial charge in [-0.2, -0.15) is 5.26 Å². The largest absolute Gasteiger partial charge is 0.342 e. The molecule has 1 N–H and O–H groups in total. The molecule has 1 aromatic rings. The maximum absolute atomic E-state index is 12.5. The first-order valence-corrected chi connectivity index (χ1v) is 9.62. The van der Waals surface area contributed by atoms with Crippen LogP contribution < -0.4 is 5.32 Å². The molecule has 2 amide bonds. The summed E-state index contributed by atoms with van der Waals surface area (Å²) >= 11 is 0. The van der Waals surface area contributed by atoms with Gasteiger partial charge < -0.3 is 10.2 Å². The lowest BCUT2D eigenvalue weighted by Crippen LogP contribution is -2.54. The van der Waals surface area contributed by atoms with E-state index < -0.39 is 0 Å². The number of carbonyl (C=O) groups is 2. The molecule has 27 heavy (non-hydrogen) atoms. The van der Waals surface area contributed by atoms with Gasteiger partial charge >= 0.3 is 0 Å². The minimum Gasteiger partial charge on any atom is -0.342 e. The lowest BCUT2D eigenvalue weighted by atomic mass is 10.2. The van der Waals surface area contributed by atoms with Crippen molar-refractivity contribution in [2.45, 2.75) is 25.8 Å². The van der Waals surface area contributed by atoms with Crippen LogP contribution in [0, 0.1) is 11.3 Å². The van der Waals surface area contributed by atoms with Crippen LogP contribution >= 0.6 is 0 Å². The van der Waals surface area contributed by atoms with E-state index in [0.29, 0.717) is 17.8 Å². The molecule has 7 nitrogen and oxygen atoms in total. The topological polar surface area (TPSA) is 79.7 Å². The van der Waals surface area contributed by atoms with Gasteiger partial charge in [0.1, 0.15) is 0 Å². The van der Waals surface area contributed by atoms with Gasteiger partial charge in [0, 0.05) is 45.0 Å². The highest BCUT2D eigenvalue weighted by Gasteiger charge is 2.27. The molecule has 0 unspecified atom stereocenters. The summed E-state index contributed by atoms with van der Waals surface area (Å²) in [6.45, 7) is 7.28. The van der Waals surface area contributed by atoms with Gasteiger partial charge in [-0.05, 0) is 38.0 Å². The van der Waals surface area contributed by atoms with Crippen molar-refractivity contribution in [2.24, 2.45) is 0 Å². The van der Waals surface area contributed by atoms with Gasteiger partial charge in [-0.15, -0.1) is 0 Å². The lowest BCUT2D eigenvalue weighted by molar-refractivity contribution is -0.132. The Hall–Kier alpha value is -2.43. The van der Waals surface area contributed by atoms with E-state index >= 15 is 0 Å². The number of hydrogen-bond donors (Lipinski definition) is 1. The summed E-state index contributed by atoms with van der Waals surface area (Å²) in [5.41, 5.74) is 1.16.